The molecular formula is C11H17N. The first-order valence-corrected chi connectivity index (χ1v) is 4.32. The number of hydrogen-bond donors (Lipinski definition) is 0. The summed E-state index contributed by atoms with van der Waals surface area (Å²) < 4.78 is 0. The second-order valence-electron chi connectivity index (χ2n) is 3.22. The molecule has 0 atom stereocenters. The first-order valence-electron chi connectivity index (χ1n) is 4.32. The van der Waals surface area contributed by atoms with Crippen molar-refractivity contribution in [1.29, 1.82) is 5.26 Å². The van der Waals surface area contributed by atoms with Crippen LogP contribution in [0.3, 0.4) is 0 Å². The third-order valence-electron chi connectivity index (χ3n) is 1.88. The number of rotatable bonds is 4. The summed E-state index contributed by atoms with van der Waals surface area (Å²) in [5, 5.41) is 8.92. The second-order valence-corrected chi connectivity index (χ2v) is 3.22. The standard InChI is InChI=1S/C11H17N/c1-4-6-8-11(3,10-12)9-7-5-2/h4-7H,8-9H2,1-3H3. The molecule has 1 nitrogen and oxygen atoms in total. The van der Waals surface area contributed by atoms with E-state index in [-0.39, 0.29) is 5.41 Å². The SMILES string of the molecule is CC=CCC(C)(C#N)CC=CC. The van der Waals surface area contributed by atoms with Crippen LogP contribution in [0.25, 0.3) is 0 Å². The van der Waals surface area contributed by atoms with Crippen molar-refractivity contribution in [3.05, 3.63) is 24.3 Å². The number of allylic oxidation sites excluding steroid dienone is 4. The lowest BCUT2D eigenvalue weighted by molar-refractivity contribution is 0.455. The lowest BCUT2D eigenvalue weighted by atomic mass is 9.85. The van der Waals surface area contributed by atoms with Gasteiger partial charge in [-0.05, 0) is 33.6 Å². The number of nitriles is 1. The minimum absolute atomic E-state index is 0.223. The normalized spacial score (nSPS) is 16.5. The van der Waals surface area contributed by atoms with Crippen LogP contribution in [0.4, 0.5) is 0 Å². The molecule has 0 aromatic carbocycles. The Kier molecular flexibility index (Phi) is 5.12. The van der Waals surface area contributed by atoms with Crippen LogP contribution in [0, 0.1) is 16.7 Å². The van der Waals surface area contributed by atoms with Crippen molar-refractivity contribution in [2.24, 2.45) is 5.41 Å². The number of hydrogen-bond acceptors (Lipinski definition) is 1. The summed E-state index contributed by atoms with van der Waals surface area (Å²) in [6.07, 6.45) is 9.75. The van der Waals surface area contributed by atoms with Crippen LogP contribution in [-0.4, -0.2) is 0 Å². The van der Waals surface area contributed by atoms with E-state index in [0.717, 1.165) is 12.8 Å². The van der Waals surface area contributed by atoms with Gasteiger partial charge in [0.15, 0.2) is 0 Å². The predicted octanol–water partition coefficient (Wildman–Crippen LogP) is 3.45. The van der Waals surface area contributed by atoms with E-state index in [1.54, 1.807) is 0 Å². The molecule has 0 N–H and O–H groups in total. The summed E-state index contributed by atoms with van der Waals surface area (Å²) >= 11 is 0. The highest BCUT2D eigenvalue weighted by Crippen LogP contribution is 2.25. The largest absolute Gasteiger partial charge is 0.198 e. The van der Waals surface area contributed by atoms with Crippen LogP contribution in [0.2, 0.25) is 0 Å². The zero-order valence-corrected chi connectivity index (χ0v) is 8.17. The summed E-state index contributed by atoms with van der Waals surface area (Å²) in [6, 6.07) is 2.35. The molecule has 0 rings (SSSR count). The highest BCUT2D eigenvalue weighted by atomic mass is 14.3. The quantitative estimate of drug-likeness (QED) is 0.582. The second kappa shape index (κ2) is 5.60. The fourth-order valence-electron chi connectivity index (χ4n) is 0.931. The lowest BCUT2D eigenvalue weighted by Crippen LogP contribution is -2.10. The predicted molar refractivity (Wildman–Crippen MR) is 52.6 cm³/mol. The van der Waals surface area contributed by atoms with Crippen molar-refractivity contribution in [2.75, 3.05) is 0 Å². The van der Waals surface area contributed by atoms with E-state index in [2.05, 4.69) is 6.07 Å². The minimum Gasteiger partial charge on any atom is -0.198 e. The molecule has 0 spiro atoms. The average molecular weight is 163 g/mol. The maximum Gasteiger partial charge on any atom is 0.0693 e. The Morgan fingerprint density at radius 3 is 1.83 bits per heavy atom. The van der Waals surface area contributed by atoms with Gasteiger partial charge in [-0.15, -0.1) is 0 Å². The third kappa shape index (κ3) is 3.98. The van der Waals surface area contributed by atoms with Crippen LogP contribution in [-0.2, 0) is 0 Å². The fraction of sp³-hybridized carbons (Fsp3) is 0.545. The van der Waals surface area contributed by atoms with Crippen molar-refractivity contribution in [3.8, 4) is 6.07 Å². The Morgan fingerprint density at radius 1 is 1.17 bits per heavy atom. The van der Waals surface area contributed by atoms with Gasteiger partial charge in [-0.1, -0.05) is 24.3 Å². The highest BCUT2D eigenvalue weighted by Gasteiger charge is 2.19. The van der Waals surface area contributed by atoms with Crippen LogP contribution >= 0.6 is 0 Å². The molecule has 0 saturated carbocycles. The van der Waals surface area contributed by atoms with Crippen molar-refractivity contribution < 1.29 is 0 Å². The molecule has 1 heteroatoms. The number of nitrogens with zero attached hydrogens (tertiary/aromatic N) is 1. The molecule has 0 saturated heterocycles. The summed E-state index contributed by atoms with van der Waals surface area (Å²) in [7, 11) is 0. The van der Waals surface area contributed by atoms with E-state index in [9.17, 15) is 0 Å². The van der Waals surface area contributed by atoms with Crippen molar-refractivity contribution in [3.63, 3.8) is 0 Å². The maximum absolute atomic E-state index is 8.92. The van der Waals surface area contributed by atoms with E-state index in [1.807, 2.05) is 45.1 Å². The van der Waals surface area contributed by atoms with E-state index >= 15 is 0 Å². The van der Waals surface area contributed by atoms with Gasteiger partial charge in [0.1, 0.15) is 0 Å². The summed E-state index contributed by atoms with van der Waals surface area (Å²) in [5.74, 6) is 0. The average Bonchev–Trinajstić information content (AvgIpc) is 2.11. The van der Waals surface area contributed by atoms with E-state index in [0.29, 0.717) is 0 Å². The molecule has 12 heavy (non-hydrogen) atoms. The monoisotopic (exact) mass is 163 g/mol. The topological polar surface area (TPSA) is 23.8 Å². The molecule has 0 aliphatic rings. The molecule has 0 aliphatic heterocycles. The first-order chi connectivity index (χ1) is 5.68. The molecule has 66 valence electrons. The van der Waals surface area contributed by atoms with Gasteiger partial charge >= 0.3 is 0 Å². The van der Waals surface area contributed by atoms with Gasteiger partial charge in [-0.25, -0.2) is 0 Å². The lowest BCUT2D eigenvalue weighted by Gasteiger charge is -2.16. The Labute approximate surface area is 75.4 Å². The smallest absolute Gasteiger partial charge is 0.0693 e. The Bertz CT molecular complexity index is 192. The van der Waals surface area contributed by atoms with Crippen molar-refractivity contribution in [2.45, 2.75) is 33.6 Å². The summed E-state index contributed by atoms with van der Waals surface area (Å²) in [6.45, 7) is 5.95. The Balaban J connectivity index is 4.16. The van der Waals surface area contributed by atoms with E-state index in [4.69, 9.17) is 5.26 Å². The molecule has 0 aliphatic carbocycles. The van der Waals surface area contributed by atoms with Gasteiger partial charge in [-0.2, -0.15) is 5.26 Å². The molecule has 0 amide bonds. The van der Waals surface area contributed by atoms with Crippen LogP contribution in [0.1, 0.15) is 33.6 Å². The molecule has 0 unspecified atom stereocenters. The summed E-state index contributed by atoms with van der Waals surface area (Å²) in [4.78, 5) is 0. The van der Waals surface area contributed by atoms with Gasteiger partial charge in [0.2, 0.25) is 0 Å². The molecule has 0 bridgehead atoms. The van der Waals surface area contributed by atoms with Gasteiger partial charge in [0, 0.05) is 0 Å². The highest BCUT2D eigenvalue weighted by molar-refractivity contribution is 5.04. The fourth-order valence-corrected chi connectivity index (χ4v) is 0.931. The zero-order valence-electron chi connectivity index (χ0n) is 8.17. The van der Waals surface area contributed by atoms with Gasteiger partial charge in [0.25, 0.3) is 0 Å². The Hall–Kier alpha value is -1.03. The van der Waals surface area contributed by atoms with Crippen molar-refractivity contribution in [1.82, 2.24) is 0 Å². The third-order valence-corrected chi connectivity index (χ3v) is 1.88. The molecular weight excluding hydrogens is 146 g/mol. The van der Waals surface area contributed by atoms with E-state index in [1.165, 1.54) is 0 Å². The maximum atomic E-state index is 8.92. The van der Waals surface area contributed by atoms with Crippen LogP contribution in [0.5, 0.6) is 0 Å². The molecule has 0 aromatic heterocycles. The molecule has 0 heterocycles. The van der Waals surface area contributed by atoms with E-state index < -0.39 is 0 Å². The first kappa shape index (κ1) is 11.0. The summed E-state index contributed by atoms with van der Waals surface area (Å²) in [5.41, 5.74) is -0.223. The molecule has 0 aromatic rings. The molecule has 0 radical (unpaired) electrons. The Morgan fingerprint density at radius 2 is 1.58 bits per heavy atom. The minimum atomic E-state index is -0.223. The van der Waals surface area contributed by atoms with Gasteiger partial charge < -0.3 is 0 Å². The van der Waals surface area contributed by atoms with Gasteiger partial charge in [0.05, 0.1) is 11.5 Å². The van der Waals surface area contributed by atoms with Crippen molar-refractivity contribution >= 4 is 0 Å². The molecule has 0 fully saturated rings. The van der Waals surface area contributed by atoms with Crippen LogP contribution in [0.15, 0.2) is 24.3 Å². The zero-order chi connectivity index (χ0) is 9.45. The van der Waals surface area contributed by atoms with Crippen LogP contribution < -0.4 is 0 Å². The van der Waals surface area contributed by atoms with Gasteiger partial charge in [-0.3, -0.25) is 0 Å².